The molecule has 0 fully saturated rings. The number of fused-ring (bicyclic) bond motifs is 1. The molecular weight excluding hydrogens is 284 g/mol. The fourth-order valence-corrected chi connectivity index (χ4v) is 2.83. The Labute approximate surface area is 130 Å². The highest BCUT2D eigenvalue weighted by Crippen LogP contribution is 2.31. The van der Waals surface area contributed by atoms with E-state index in [4.69, 9.17) is 0 Å². The standard InChI is InChI=1S/C16H22N2O2S/c1-11-9-18(14(19)10-21-16(2,3)4)13-8-6-5-7-12(13)17-15(11)20/h5-8,11H,9-10H2,1-4H3,(H,17,20)/t11-/m1/s1. The van der Waals surface area contributed by atoms with Crippen LogP contribution >= 0.6 is 11.8 Å². The zero-order valence-corrected chi connectivity index (χ0v) is 13.8. The maximum Gasteiger partial charge on any atom is 0.237 e. The molecule has 0 aromatic heterocycles. The Balaban J connectivity index is 2.25. The fourth-order valence-electron chi connectivity index (χ4n) is 2.12. The highest BCUT2D eigenvalue weighted by atomic mass is 32.2. The second-order valence-corrected chi connectivity index (χ2v) is 8.11. The van der Waals surface area contributed by atoms with Gasteiger partial charge in [0.1, 0.15) is 0 Å². The van der Waals surface area contributed by atoms with E-state index in [1.165, 1.54) is 0 Å². The van der Waals surface area contributed by atoms with Gasteiger partial charge >= 0.3 is 0 Å². The lowest BCUT2D eigenvalue weighted by Crippen LogP contribution is -2.37. The number of hydrogen-bond acceptors (Lipinski definition) is 3. The second-order valence-electron chi connectivity index (χ2n) is 6.31. The molecule has 5 heteroatoms. The molecule has 0 radical (unpaired) electrons. The first-order chi connectivity index (χ1) is 9.78. The molecule has 1 aromatic carbocycles. The summed E-state index contributed by atoms with van der Waals surface area (Å²) in [4.78, 5) is 26.3. The zero-order chi connectivity index (χ0) is 15.6. The number of rotatable bonds is 2. The van der Waals surface area contributed by atoms with E-state index in [0.29, 0.717) is 18.0 Å². The van der Waals surface area contributed by atoms with Gasteiger partial charge in [0.15, 0.2) is 0 Å². The van der Waals surface area contributed by atoms with Crippen molar-refractivity contribution in [3.05, 3.63) is 24.3 Å². The summed E-state index contributed by atoms with van der Waals surface area (Å²) < 4.78 is 0.0424. The van der Waals surface area contributed by atoms with Crippen LogP contribution in [0.2, 0.25) is 0 Å². The maximum atomic E-state index is 12.6. The third-order valence-electron chi connectivity index (χ3n) is 3.29. The summed E-state index contributed by atoms with van der Waals surface area (Å²) in [7, 11) is 0. The molecule has 0 bridgehead atoms. The van der Waals surface area contributed by atoms with Crippen LogP contribution in [0.5, 0.6) is 0 Å². The van der Waals surface area contributed by atoms with Crippen molar-refractivity contribution >= 4 is 35.0 Å². The molecule has 21 heavy (non-hydrogen) atoms. The molecular formula is C16H22N2O2S. The van der Waals surface area contributed by atoms with Gasteiger partial charge in [-0.1, -0.05) is 39.8 Å². The summed E-state index contributed by atoms with van der Waals surface area (Å²) in [6.07, 6.45) is 0. The van der Waals surface area contributed by atoms with Crippen molar-refractivity contribution in [2.75, 3.05) is 22.5 Å². The molecule has 0 unspecified atom stereocenters. The van der Waals surface area contributed by atoms with Crippen molar-refractivity contribution in [3.63, 3.8) is 0 Å². The van der Waals surface area contributed by atoms with Gasteiger partial charge in [-0.05, 0) is 12.1 Å². The molecule has 1 aromatic rings. The Morgan fingerprint density at radius 1 is 1.38 bits per heavy atom. The summed E-state index contributed by atoms with van der Waals surface area (Å²) >= 11 is 1.62. The molecule has 1 N–H and O–H groups in total. The topological polar surface area (TPSA) is 49.4 Å². The van der Waals surface area contributed by atoms with Crippen LogP contribution < -0.4 is 10.2 Å². The molecule has 2 rings (SSSR count). The smallest absolute Gasteiger partial charge is 0.237 e. The summed E-state index contributed by atoms with van der Waals surface area (Å²) in [6, 6.07) is 7.47. The lowest BCUT2D eigenvalue weighted by Gasteiger charge is -2.25. The molecule has 0 aliphatic carbocycles. The second kappa shape index (κ2) is 6.10. The number of carbonyl (C=O) groups excluding carboxylic acids is 2. The Bertz CT molecular complexity index is 551. The number of benzene rings is 1. The van der Waals surface area contributed by atoms with Crippen LogP contribution in [-0.4, -0.2) is 28.9 Å². The van der Waals surface area contributed by atoms with Crippen LogP contribution in [-0.2, 0) is 9.59 Å². The van der Waals surface area contributed by atoms with Crippen LogP contribution in [0.3, 0.4) is 0 Å². The number of amides is 2. The van der Waals surface area contributed by atoms with Gasteiger partial charge in [-0.2, -0.15) is 0 Å². The van der Waals surface area contributed by atoms with Crippen LogP contribution in [0, 0.1) is 5.92 Å². The Morgan fingerprint density at radius 2 is 2.05 bits per heavy atom. The van der Waals surface area contributed by atoms with Gasteiger partial charge < -0.3 is 10.2 Å². The van der Waals surface area contributed by atoms with Crippen LogP contribution in [0.25, 0.3) is 0 Å². The van der Waals surface area contributed by atoms with E-state index < -0.39 is 0 Å². The van der Waals surface area contributed by atoms with Crippen molar-refractivity contribution in [1.29, 1.82) is 0 Å². The third-order valence-corrected chi connectivity index (χ3v) is 4.54. The minimum Gasteiger partial charge on any atom is -0.324 e. The van der Waals surface area contributed by atoms with Crippen LogP contribution in [0.4, 0.5) is 11.4 Å². The van der Waals surface area contributed by atoms with E-state index >= 15 is 0 Å². The highest BCUT2D eigenvalue weighted by molar-refractivity contribution is 8.01. The minimum absolute atomic E-state index is 0.0405. The van der Waals surface area contributed by atoms with Gasteiger partial charge in [-0.25, -0.2) is 0 Å². The largest absolute Gasteiger partial charge is 0.324 e. The number of nitrogens with one attached hydrogen (secondary N) is 1. The van der Waals surface area contributed by atoms with E-state index in [-0.39, 0.29) is 22.5 Å². The van der Waals surface area contributed by atoms with Gasteiger partial charge in [-0.3, -0.25) is 9.59 Å². The first kappa shape index (κ1) is 15.9. The molecule has 114 valence electrons. The van der Waals surface area contributed by atoms with Crippen molar-refractivity contribution in [3.8, 4) is 0 Å². The van der Waals surface area contributed by atoms with Gasteiger partial charge in [-0.15, -0.1) is 11.8 Å². The predicted molar refractivity (Wildman–Crippen MR) is 88.8 cm³/mol. The van der Waals surface area contributed by atoms with Crippen molar-refractivity contribution in [1.82, 2.24) is 0 Å². The van der Waals surface area contributed by atoms with E-state index in [1.54, 1.807) is 16.7 Å². The number of anilines is 2. The molecule has 1 atom stereocenters. The fraction of sp³-hybridized carbons (Fsp3) is 0.500. The van der Waals surface area contributed by atoms with E-state index in [2.05, 4.69) is 26.1 Å². The lowest BCUT2D eigenvalue weighted by molar-refractivity contribution is -0.119. The molecule has 0 saturated heterocycles. The molecule has 1 heterocycles. The van der Waals surface area contributed by atoms with E-state index in [9.17, 15) is 9.59 Å². The molecule has 0 saturated carbocycles. The Morgan fingerprint density at radius 3 is 2.71 bits per heavy atom. The Hall–Kier alpha value is -1.49. The number of hydrogen-bond donors (Lipinski definition) is 1. The SMILES string of the molecule is C[C@@H]1CN(C(=O)CSC(C)(C)C)c2ccccc2NC1=O. The average molecular weight is 306 g/mol. The number of thioether (sulfide) groups is 1. The Kier molecular flexibility index (Phi) is 4.61. The monoisotopic (exact) mass is 306 g/mol. The van der Waals surface area contributed by atoms with Gasteiger partial charge in [0.2, 0.25) is 11.8 Å². The summed E-state index contributed by atoms with van der Waals surface area (Å²) in [6.45, 7) is 8.55. The average Bonchev–Trinajstić information content (AvgIpc) is 2.53. The number of carbonyl (C=O) groups is 2. The first-order valence-corrected chi connectivity index (χ1v) is 8.11. The predicted octanol–water partition coefficient (Wildman–Crippen LogP) is 3.14. The van der Waals surface area contributed by atoms with Crippen LogP contribution in [0.15, 0.2) is 24.3 Å². The van der Waals surface area contributed by atoms with Crippen molar-refractivity contribution in [2.45, 2.75) is 32.4 Å². The molecule has 1 aliphatic rings. The normalized spacial score (nSPS) is 18.8. The van der Waals surface area contributed by atoms with E-state index in [1.807, 2.05) is 31.2 Å². The highest BCUT2D eigenvalue weighted by Gasteiger charge is 2.28. The number of para-hydroxylation sites is 2. The van der Waals surface area contributed by atoms with Crippen molar-refractivity contribution < 1.29 is 9.59 Å². The molecule has 2 amide bonds. The van der Waals surface area contributed by atoms with Crippen LogP contribution in [0.1, 0.15) is 27.7 Å². The third kappa shape index (κ3) is 4.00. The summed E-state index contributed by atoms with van der Waals surface area (Å²) in [5.41, 5.74) is 1.50. The maximum absolute atomic E-state index is 12.6. The van der Waals surface area contributed by atoms with Gasteiger partial charge in [0.05, 0.1) is 23.0 Å². The van der Waals surface area contributed by atoms with E-state index in [0.717, 1.165) is 5.69 Å². The van der Waals surface area contributed by atoms with Crippen molar-refractivity contribution in [2.24, 2.45) is 5.92 Å². The molecule has 0 spiro atoms. The summed E-state index contributed by atoms with van der Waals surface area (Å²) in [5, 5.41) is 2.89. The quantitative estimate of drug-likeness (QED) is 0.913. The summed E-state index contributed by atoms with van der Waals surface area (Å²) in [5.74, 6) is 0.201. The molecule has 1 aliphatic heterocycles. The van der Waals surface area contributed by atoms with Gasteiger partial charge in [0, 0.05) is 11.3 Å². The lowest BCUT2D eigenvalue weighted by atomic mass is 10.1. The minimum atomic E-state index is -0.221. The van der Waals surface area contributed by atoms with Gasteiger partial charge in [0.25, 0.3) is 0 Å². The molecule has 4 nitrogen and oxygen atoms in total. The number of nitrogens with zero attached hydrogens (tertiary/aromatic N) is 1. The first-order valence-electron chi connectivity index (χ1n) is 7.12. The zero-order valence-electron chi connectivity index (χ0n) is 13.0.